The summed E-state index contributed by atoms with van der Waals surface area (Å²) in [4.78, 5) is 16.7. The van der Waals surface area contributed by atoms with Gasteiger partial charge in [0.1, 0.15) is 0 Å². The Morgan fingerprint density at radius 2 is 1.72 bits per heavy atom. The van der Waals surface area contributed by atoms with Crippen LogP contribution in [0, 0.1) is 0 Å². The highest BCUT2D eigenvalue weighted by atomic mass is 79.9. The van der Waals surface area contributed by atoms with Gasteiger partial charge in [0.2, 0.25) is 5.91 Å². The molecular weight excluding hydrogens is 292 g/mol. The number of piperidine rings is 1. The second kappa shape index (κ2) is 7.49. The van der Waals surface area contributed by atoms with Crippen molar-refractivity contribution >= 4 is 21.8 Å². The van der Waals surface area contributed by atoms with Gasteiger partial charge in [0.25, 0.3) is 0 Å². The predicted octanol–water partition coefficient (Wildman–Crippen LogP) is 2.64. The van der Waals surface area contributed by atoms with Gasteiger partial charge in [0, 0.05) is 30.9 Å². The summed E-state index contributed by atoms with van der Waals surface area (Å²) in [6.07, 6.45) is 7.97. The standard InChI is InChI=1S/C14H25BrN2O/c15-8-2-1-5-14(18)17-11-6-13(7-12-17)16-9-3-4-10-16/h13H,1-12H2. The van der Waals surface area contributed by atoms with Gasteiger partial charge < -0.3 is 9.80 Å². The molecule has 0 spiro atoms. The van der Waals surface area contributed by atoms with Gasteiger partial charge in [-0.15, -0.1) is 0 Å². The molecule has 0 N–H and O–H groups in total. The van der Waals surface area contributed by atoms with Crippen molar-refractivity contribution in [3.8, 4) is 0 Å². The van der Waals surface area contributed by atoms with E-state index < -0.39 is 0 Å². The molecule has 0 aromatic heterocycles. The molecule has 0 atom stereocenters. The molecule has 2 heterocycles. The molecule has 4 heteroatoms. The molecule has 0 unspecified atom stereocenters. The Kier molecular flexibility index (Phi) is 5.96. The first-order valence-electron chi connectivity index (χ1n) is 7.39. The molecule has 0 aromatic carbocycles. The summed E-state index contributed by atoms with van der Waals surface area (Å²) in [6.45, 7) is 4.52. The number of carbonyl (C=O) groups is 1. The van der Waals surface area contributed by atoms with Crippen molar-refractivity contribution in [2.75, 3.05) is 31.5 Å². The molecule has 0 radical (unpaired) electrons. The summed E-state index contributed by atoms with van der Waals surface area (Å²) in [6, 6.07) is 0.749. The van der Waals surface area contributed by atoms with Crippen molar-refractivity contribution in [3.63, 3.8) is 0 Å². The van der Waals surface area contributed by atoms with Gasteiger partial charge >= 0.3 is 0 Å². The fourth-order valence-corrected chi connectivity index (χ4v) is 3.51. The van der Waals surface area contributed by atoms with E-state index in [1.165, 1.54) is 38.8 Å². The lowest BCUT2D eigenvalue weighted by molar-refractivity contribution is -0.132. The zero-order valence-electron chi connectivity index (χ0n) is 11.2. The zero-order valence-corrected chi connectivity index (χ0v) is 12.8. The van der Waals surface area contributed by atoms with E-state index in [2.05, 4.69) is 25.7 Å². The Bertz CT molecular complexity index is 259. The lowest BCUT2D eigenvalue weighted by Crippen LogP contribution is -2.45. The third-order valence-electron chi connectivity index (χ3n) is 4.25. The van der Waals surface area contributed by atoms with Crippen LogP contribution in [0.25, 0.3) is 0 Å². The number of unbranched alkanes of at least 4 members (excludes halogenated alkanes) is 1. The fraction of sp³-hybridized carbons (Fsp3) is 0.929. The topological polar surface area (TPSA) is 23.6 Å². The summed E-state index contributed by atoms with van der Waals surface area (Å²) in [5.41, 5.74) is 0. The minimum atomic E-state index is 0.371. The van der Waals surface area contributed by atoms with Crippen molar-refractivity contribution < 1.29 is 4.79 Å². The SMILES string of the molecule is O=C(CCCCBr)N1CCC(N2CCCC2)CC1. The maximum Gasteiger partial charge on any atom is 0.222 e. The molecule has 0 aromatic rings. The number of hydrogen-bond donors (Lipinski definition) is 0. The van der Waals surface area contributed by atoms with E-state index >= 15 is 0 Å². The highest BCUT2D eigenvalue weighted by Crippen LogP contribution is 2.21. The van der Waals surface area contributed by atoms with Crippen LogP contribution < -0.4 is 0 Å². The summed E-state index contributed by atoms with van der Waals surface area (Å²) in [7, 11) is 0. The van der Waals surface area contributed by atoms with Crippen molar-refractivity contribution in [3.05, 3.63) is 0 Å². The quantitative estimate of drug-likeness (QED) is 0.575. The second-order valence-corrected chi connectivity index (χ2v) is 6.29. The predicted molar refractivity (Wildman–Crippen MR) is 78.1 cm³/mol. The molecule has 0 saturated carbocycles. The lowest BCUT2D eigenvalue weighted by atomic mass is 10.0. The first kappa shape index (κ1) is 14.3. The first-order chi connectivity index (χ1) is 8.81. The molecule has 104 valence electrons. The van der Waals surface area contributed by atoms with Gasteiger partial charge in [-0.25, -0.2) is 0 Å². The van der Waals surface area contributed by atoms with E-state index in [9.17, 15) is 4.79 Å². The number of hydrogen-bond acceptors (Lipinski definition) is 2. The summed E-state index contributed by atoms with van der Waals surface area (Å²) in [5, 5.41) is 1.01. The summed E-state index contributed by atoms with van der Waals surface area (Å²) >= 11 is 3.41. The van der Waals surface area contributed by atoms with E-state index in [1.807, 2.05) is 0 Å². The molecule has 2 saturated heterocycles. The zero-order chi connectivity index (χ0) is 12.8. The van der Waals surface area contributed by atoms with Crippen LogP contribution >= 0.6 is 15.9 Å². The molecule has 2 aliphatic heterocycles. The highest BCUT2D eigenvalue weighted by molar-refractivity contribution is 9.09. The van der Waals surface area contributed by atoms with E-state index in [0.717, 1.165) is 43.7 Å². The molecule has 18 heavy (non-hydrogen) atoms. The van der Waals surface area contributed by atoms with E-state index in [-0.39, 0.29) is 0 Å². The summed E-state index contributed by atoms with van der Waals surface area (Å²) < 4.78 is 0. The number of alkyl halides is 1. The van der Waals surface area contributed by atoms with Crippen LogP contribution in [0.5, 0.6) is 0 Å². The first-order valence-corrected chi connectivity index (χ1v) is 8.51. The average Bonchev–Trinajstić information content (AvgIpc) is 2.93. The van der Waals surface area contributed by atoms with Gasteiger partial charge in [-0.2, -0.15) is 0 Å². The fourth-order valence-electron chi connectivity index (χ4n) is 3.12. The van der Waals surface area contributed by atoms with Gasteiger partial charge in [0.05, 0.1) is 0 Å². The molecular formula is C14H25BrN2O. The van der Waals surface area contributed by atoms with Crippen LogP contribution in [0.4, 0.5) is 0 Å². The van der Waals surface area contributed by atoms with Gasteiger partial charge in [0.15, 0.2) is 0 Å². The minimum absolute atomic E-state index is 0.371. The third kappa shape index (κ3) is 3.95. The van der Waals surface area contributed by atoms with Crippen LogP contribution in [0.15, 0.2) is 0 Å². The number of amides is 1. The number of rotatable bonds is 5. The monoisotopic (exact) mass is 316 g/mol. The van der Waals surface area contributed by atoms with Crippen LogP contribution in [0.2, 0.25) is 0 Å². The Hall–Kier alpha value is -0.0900. The Labute approximate surface area is 119 Å². The van der Waals surface area contributed by atoms with Crippen molar-refractivity contribution in [1.82, 2.24) is 9.80 Å². The molecule has 3 nitrogen and oxygen atoms in total. The average molecular weight is 317 g/mol. The maximum atomic E-state index is 12.0. The Morgan fingerprint density at radius 1 is 1.06 bits per heavy atom. The van der Waals surface area contributed by atoms with E-state index in [0.29, 0.717) is 5.91 Å². The van der Waals surface area contributed by atoms with Gasteiger partial charge in [-0.3, -0.25) is 4.79 Å². The van der Waals surface area contributed by atoms with Crippen molar-refractivity contribution in [2.24, 2.45) is 0 Å². The summed E-state index contributed by atoms with van der Waals surface area (Å²) in [5.74, 6) is 0.371. The lowest BCUT2D eigenvalue weighted by Gasteiger charge is -2.36. The minimum Gasteiger partial charge on any atom is -0.343 e. The maximum absolute atomic E-state index is 12.0. The molecule has 1 amide bonds. The number of nitrogens with zero attached hydrogens (tertiary/aromatic N) is 2. The second-order valence-electron chi connectivity index (χ2n) is 5.50. The van der Waals surface area contributed by atoms with Gasteiger partial charge in [-0.1, -0.05) is 15.9 Å². The van der Waals surface area contributed by atoms with Crippen LogP contribution in [0.3, 0.4) is 0 Å². The number of halogens is 1. The highest BCUT2D eigenvalue weighted by Gasteiger charge is 2.27. The van der Waals surface area contributed by atoms with Crippen molar-refractivity contribution in [2.45, 2.75) is 51.0 Å². The molecule has 2 rings (SSSR count). The Balaban J connectivity index is 1.67. The molecule has 2 aliphatic rings. The van der Waals surface area contributed by atoms with Crippen LogP contribution in [-0.4, -0.2) is 53.3 Å². The van der Waals surface area contributed by atoms with Gasteiger partial charge in [-0.05, 0) is 51.6 Å². The number of likely N-dealkylation sites (tertiary alicyclic amines) is 2. The largest absolute Gasteiger partial charge is 0.343 e. The molecule has 0 aliphatic carbocycles. The smallest absolute Gasteiger partial charge is 0.222 e. The third-order valence-corrected chi connectivity index (χ3v) is 4.81. The normalized spacial score (nSPS) is 22.6. The van der Waals surface area contributed by atoms with Crippen LogP contribution in [-0.2, 0) is 4.79 Å². The van der Waals surface area contributed by atoms with Crippen molar-refractivity contribution in [1.29, 1.82) is 0 Å². The van der Waals surface area contributed by atoms with Crippen LogP contribution in [0.1, 0.15) is 44.9 Å². The molecule has 0 bridgehead atoms. The van der Waals surface area contributed by atoms with E-state index in [4.69, 9.17) is 0 Å². The van der Waals surface area contributed by atoms with E-state index in [1.54, 1.807) is 0 Å². The Morgan fingerprint density at radius 3 is 2.33 bits per heavy atom. The molecule has 2 fully saturated rings. The number of carbonyl (C=O) groups excluding carboxylic acids is 1.